The van der Waals surface area contributed by atoms with Crippen LogP contribution in [0.3, 0.4) is 0 Å². The van der Waals surface area contributed by atoms with E-state index in [1.807, 2.05) is 0 Å². The van der Waals surface area contributed by atoms with Gasteiger partial charge in [-0.25, -0.2) is 4.98 Å². The standard InChI is InChI=1S/C26H26N6O/c1-17-15-32(23-12-24(33)30(3)22-9-6-20(13-27)29-25(22)23)18(2)14-31(17)21-7-4-19(5-8-21)26(16-28)10-11-26/h4-9,12,17-18H,10-11,14-15H2,1-3H3/t17-,18+/m1/s1. The fourth-order valence-electron chi connectivity index (χ4n) is 4.98. The Balaban J connectivity index is 1.46. The maximum atomic E-state index is 12.7. The molecule has 33 heavy (non-hydrogen) atoms. The van der Waals surface area contributed by atoms with Crippen LogP contribution in [-0.2, 0) is 12.5 Å². The summed E-state index contributed by atoms with van der Waals surface area (Å²) in [4.78, 5) is 21.9. The molecule has 2 fully saturated rings. The van der Waals surface area contributed by atoms with Gasteiger partial charge in [0.25, 0.3) is 5.56 Å². The first-order valence-corrected chi connectivity index (χ1v) is 11.3. The van der Waals surface area contributed by atoms with Crippen LogP contribution < -0.4 is 15.4 Å². The Morgan fingerprint density at radius 2 is 1.67 bits per heavy atom. The molecule has 0 N–H and O–H groups in total. The van der Waals surface area contributed by atoms with Crippen LogP contribution in [-0.4, -0.2) is 34.7 Å². The second-order valence-corrected chi connectivity index (χ2v) is 9.35. The molecule has 1 aromatic carbocycles. The molecule has 1 saturated heterocycles. The quantitative estimate of drug-likeness (QED) is 0.622. The monoisotopic (exact) mass is 438 g/mol. The first-order chi connectivity index (χ1) is 15.9. The van der Waals surface area contributed by atoms with Crippen molar-refractivity contribution in [2.45, 2.75) is 44.2 Å². The van der Waals surface area contributed by atoms with Gasteiger partial charge in [-0.2, -0.15) is 10.5 Å². The van der Waals surface area contributed by atoms with Crippen molar-refractivity contribution in [1.29, 1.82) is 10.5 Å². The first-order valence-electron chi connectivity index (χ1n) is 11.3. The van der Waals surface area contributed by atoms with Gasteiger partial charge in [0.05, 0.1) is 22.7 Å². The maximum Gasteiger partial charge on any atom is 0.252 e. The van der Waals surface area contributed by atoms with Crippen molar-refractivity contribution in [2.75, 3.05) is 22.9 Å². The van der Waals surface area contributed by atoms with Crippen LogP contribution in [0.25, 0.3) is 11.0 Å². The van der Waals surface area contributed by atoms with E-state index in [1.165, 1.54) is 0 Å². The average Bonchev–Trinajstić information content (AvgIpc) is 3.64. The van der Waals surface area contributed by atoms with Gasteiger partial charge >= 0.3 is 0 Å². The van der Waals surface area contributed by atoms with Gasteiger partial charge in [-0.05, 0) is 56.5 Å². The van der Waals surface area contributed by atoms with Gasteiger partial charge < -0.3 is 14.4 Å². The van der Waals surface area contributed by atoms with Gasteiger partial charge in [0.1, 0.15) is 17.3 Å². The number of hydrogen-bond donors (Lipinski definition) is 0. The molecule has 0 amide bonds. The van der Waals surface area contributed by atoms with Crippen molar-refractivity contribution >= 4 is 22.4 Å². The van der Waals surface area contributed by atoms with Gasteiger partial charge in [-0.15, -0.1) is 0 Å². The molecule has 2 aliphatic rings. The smallest absolute Gasteiger partial charge is 0.252 e. The average molecular weight is 439 g/mol. The largest absolute Gasteiger partial charge is 0.365 e. The van der Waals surface area contributed by atoms with Crippen molar-refractivity contribution in [3.05, 3.63) is 64.1 Å². The minimum Gasteiger partial charge on any atom is -0.365 e. The summed E-state index contributed by atoms with van der Waals surface area (Å²) in [5, 5.41) is 18.8. The Kier molecular flexibility index (Phi) is 4.87. The van der Waals surface area contributed by atoms with E-state index in [-0.39, 0.29) is 23.1 Å². The highest BCUT2D eigenvalue weighted by molar-refractivity contribution is 5.89. The van der Waals surface area contributed by atoms with E-state index >= 15 is 0 Å². The summed E-state index contributed by atoms with van der Waals surface area (Å²) >= 11 is 0. The number of anilines is 2. The molecule has 3 aromatic rings. The van der Waals surface area contributed by atoms with E-state index in [0.29, 0.717) is 11.2 Å². The zero-order chi connectivity index (χ0) is 23.3. The van der Waals surface area contributed by atoms with E-state index in [4.69, 9.17) is 0 Å². The Bertz CT molecular complexity index is 1370. The molecule has 166 valence electrons. The summed E-state index contributed by atoms with van der Waals surface area (Å²) in [6.07, 6.45) is 1.89. The summed E-state index contributed by atoms with van der Waals surface area (Å²) in [6, 6.07) is 18.4. The summed E-state index contributed by atoms with van der Waals surface area (Å²) in [5.41, 5.74) is 4.42. The second-order valence-electron chi connectivity index (χ2n) is 9.35. The van der Waals surface area contributed by atoms with Crippen LogP contribution >= 0.6 is 0 Å². The fraction of sp³-hybridized carbons (Fsp3) is 0.385. The Hall–Kier alpha value is -3.84. The van der Waals surface area contributed by atoms with Crippen LogP contribution in [0.2, 0.25) is 0 Å². The minimum absolute atomic E-state index is 0.0895. The predicted octanol–water partition coefficient (Wildman–Crippen LogP) is 3.46. The van der Waals surface area contributed by atoms with Gasteiger partial charge in [-0.3, -0.25) is 4.79 Å². The van der Waals surface area contributed by atoms with Crippen molar-refractivity contribution in [2.24, 2.45) is 7.05 Å². The molecule has 0 radical (unpaired) electrons. The highest BCUT2D eigenvalue weighted by atomic mass is 16.1. The third kappa shape index (κ3) is 3.41. The molecule has 1 aliphatic carbocycles. The minimum atomic E-state index is -0.272. The molecule has 7 heteroatoms. The molecule has 3 heterocycles. The van der Waals surface area contributed by atoms with Crippen molar-refractivity contribution in [1.82, 2.24) is 9.55 Å². The van der Waals surface area contributed by atoms with Crippen LogP contribution in [0.1, 0.15) is 37.9 Å². The molecule has 2 atom stereocenters. The molecule has 0 unspecified atom stereocenters. The molecule has 0 spiro atoms. The lowest BCUT2D eigenvalue weighted by atomic mass is 9.97. The van der Waals surface area contributed by atoms with Crippen molar-refractivity contribution < 1.29 is 0 Å². The number of nitriles is 2. The topological polar surface area (TPSA) is 88.9 Å². The first kappa shape index (κ1) is 21.0. The van der Waals surface area contributed by atoms with Crippen LogP contribution in [0.4, 0.5) is 11.4 Å². The van der Waals surface area contributed by atoms with Crippen molar-refractivity contribution in [3.63, 3.8) is 0 Å². The third-order valence-corrected chi connectivity index (χ3v) is 7.19. The van der Waals surface area contributed by atoms with Gasteiger partial charge in [-0.1, -0.05) is 12.1 Å². The zero-order valence-corrected chi connectivity index (χ0v) is 19.1. The number of aryl methyl sites for hydroxylation is 1. The van der Waals surface area contributed by atoms with E-state index in [2.05, 4.69) is 65.0 Å². The molecule has 0 bridgehead atoms. The normalized spacial score (nSPS) is 21.5. The number of nitrogens with zero attached hydrogens (tertiary/aromatic N) is 6. The lowest BCUT2D eigenvalue weighted by Gasteiger charge is -2.46. The Labute approximate surface area is 193 Å². The van der Waals surface area contributed by atoms with Gasteiger partial charge in [0.2, 0.25) is 0 Å². The second kappa shape index (κ2) is 7.64. The Morgan fingerprint density at radius 3 is 2.30 bits per heavy atom. The predicted molar refractivity (Wildman–Crippen MR) is 128 cm³/mol. The lowest BCUT2D eigenvalue weighted by Crippen LogP contribution is -2.57. The van der Waals surface area contributed by atoms with Gasteiger partial charge in [0.15, 0.2) is 0 Å². The summed E-state index contributed by atoms with van der Waals surface area (Å²) in [5.74, 6) is 0. The number of piperazine rings is 1. The maximum absolute atomic E-state index is 12.7. The summed E-state index contributed by atoms with van der Waals surface area (Å²) in [6.45, 7) is 5.85. The van der Waals surface area contributed by atoms with E-state index in [9.17, 15) is 15.3 Å². The molecule has 1 aliphatic heterocycles. The van der Waals surface area contributed by atoms with Crippen LogP contribution in [0, 0.1) is 22.7 Å². The number of aromatic nitrogens is 2. The lowest BCUT2D eigenvalue weighted by molar-refractivity contribution is 0.481. The third-order valence-electron chi connectivity index (χ3n) is 7.19. The SMILES string of the molecule is C[C@@H]1CN(c2cc(=O)n(C)c3ccc(C#N)nc23)[C@@H](C)CN1c1ccc(C2(C#N)CC2)cc1. The highest BCUT2D eigenvalue weighted by Crippen LogP contribution is 2.47. The molecule has 5 rings (SSSR count). The number of hydrogen-bond acceptors (Lipinski definition) is 6. The zero-order valence-electron chi connectivity index (χ0n) is 19.1. The van der Waals surface area contributed by atoms with E-state index in [1.54, 1.807) is 29.8 Å². The van der Waals surface area contributed by atoms with Crippen LogP contribution in [0.5, 0.6) is 0 Å². The number of fused-ring (bicyclic) bond motifs is 1. The van der Waals surface area contributed by atoms with E-state index < -0.39 is 0 Å². The number of pyridine rings is 2. The van der Waals surface area contributed by atoms with Crippen LogP contribution in [0.15, 0.2) is 47.3 Å². The van der Waals surface area contributed by atoms with Crippen molar-refractivity contribution in [3.8, 4) is 12.1 Å². The number of rotatable bonds is 3. The molecule has 7 nitrogen and oxygen atoms in total. The Morgan fingerprint density at radius 1 is 1.00 bits per heavy atom. The molecular weight excluding hydrogens is 412 g/mol. The molecule has 1 saturated carbocycles. The fourth-order valence-corrected chi connectivity index (χ4v) is 4.98. The van der Waals surface area contributed by atoms with E-state index in [0.717, 1.165) is 48.4 Å². The molecule has 2 aromatic heterocycles. The summed E-state index contributed by atoms with van der Waals surface area (Å²) < 4.78 is 1.58. The summed E-state index contributed by atoms with van der Waals surface area (Å²) in [7, 11) is 1.73. The molecular formula is C26H26N6O. The highest BCUT2D eigenvalue weighted by Gasteiger charge is 2.44. The number of benzene rings is 1. The van der Waals surface area contributed by atoms with Gasteiger partial charge in [0, 0.05) is 44.0 Å².